The molecule has 0 bridgehead atoms. The molecular weight excluding hydrogens is 350 g/mol. The number of nitrogens with one attached hydrogen (secondary N) is 2. The van der Waals surface area contributed by atoms with Gasteiger partial charge >= 0.3 is 0 Å². The van der Waals surface area contributed by atoms with Gasteiger partial charge in [-0.05, 0) is 43.1 Å². The van der Waals surface area contributed by atoms with Gasteiger partial charge in [-0.15, -0.1) is 0 Å². The van der Waals surface area contributed by atoms with E-state index in [4.69, 9.17) is 0 Å². The average Bonchev–Trinajstić information content (AvgIpc) is 3.18. The van der Waals surface area contributed by atoms with Crippen molar-refractivity contribution in [2.45, 2.75) is 38.9 Å². The molecule has 1 aliphatic rings. The van der Waals surface area contributed by atoms with E-state index in [1.165, 1.54) is 24.9 Å². The summed E-state index contributed by atoms with van der Waals surface area (Å²) in [6.45, 7) is 6.77. The van der Waals surface area contributed by atoms with Crippen LogP contribution in [0.4, 0.5) is 0 Å². The van der Waals surface area contributed by atoms with Gasteiger partial charge in [0.15, 0.2) is 5.96 Å². The Balaban J connectivity index is 1.48. The van der Waals surface area contributed by atoms with E-state index in [0.717, 1.165) is 24.6 Å². The number of benzene rings is 1. The van der Waals surface area contributed by atoms with Gasteiger partial charge in [0.05, 0.1) is 6.54 Å². The summed E-state index contributed by atoms with van der Waals surface area (Å²) in [5, 5.41) is 6.84. The van der Waals surface area contributed by atoms with Gasteiger partial charge in [0.2, 0.25) is 0 Å². The molecule has 2 N–H and O–H groups in total. The molecule has 0 saturated carbocycles. The van der Waals surface area contributed by atoms with Crippen LogP contribution in [0.15, 0.2) is 58.4 Å². The molecule has 1 saturated heterocycles. The summed E-state index contributed by atoms with van der Waals surface area (Å²) in [6.07, 6.45) is 4.36. The Labute approximate surface area is 167 Å². The summed E-state index contributed by atoms with van der Waals surface area (Å²) in [7, 11) is 1.81. The second kappa shape index (κ2) is 10.1. The van der Waals surface area contributed by atoms with Crippen LogP contribution in [0, 0.1) is 0 Å². The summed E-state index contributed by atoms with van der Waals surface area (Å²) in [6, 6.07) is 14.2. The van der Waals surface area contributed by atoms with Crippen molar-refractivity contribution in [1.29, 1.82) is 0 Å². The molecule has 2 heterocycles. The number of guanidine groups is 1. The van der Waals surface area contributed by atoms with Gasteiger partial charge in [-0.25, -0.2) is 0 Å². The Morgan fingerprint density at radius 1 is 1.14 bits per heavy atom. The van der Waals surface area contributed by atoms with Crippen LogP contribution in [0.5, 0.6) is 0 Å². The monoisotopic (exact) mass is 381 g/mol. The number of rotatable bonds is 7. The minimum absolute atomic E-state index is 0.0204. The molecule has 1 aliphatic heterocycles. The summed E-state index contributed by atoms with van der Waals surface area (Å²) in [4.78, 5) is 18.7. The van der Waals surface area contributed by atoms with Crippen molar-refractivity contribution >= 4 is 5.96 Å². The Morgan fingerprint density at radius 2 is 1.93 bits per heavy atom. The maximum absolute atomic E-state index is 11.8. The van der Waals surface area contributed by atoms with Crippen molar-refractivity contribution in [3.05, 3.63) is 70.1 Å². The van der Waals surface area contributed by atoms with Crippen molar-refractivity contribution in [1.82, 2.24) is 20.1 Å². The fourth-order valence-corrected chi connectivity index (χ4v) is 3.71. The fourth-order valence-electron chi connectivity index (χ4n) is 3.71. The van der Waals surface area contributed by atoms with E-state index in [-0.39, 0.29) is 5.56 Å². The van der Waals surface area contributed by atoms with Crippen molar-refractivity contribution in [3.63, 3.8) is 0 Å². The van der Waals surface area contributed by atoms with E-state index in [2.05, 4.69) is 51.7 Å². The molecule has 1 aromatic carbocycles. The molecule has 3 rings (SSSR count). The highest BCUT2D eigenvalue weighted by molar-refractivity contribution is 5.79. The second-order valence-corrected chi connectivity index (χ2v) is 7.21. The number of aliphatic imine (C=N–C) groups is 1. The van der Waals surface area contributed by atoms with Crippen LogP contribution >= 0.6 is 0 Å². The van der Waals surface area contributed by atoms with Crippen LogP contribution in [0.2, 0.25) is 0 Å². The van der Waals surface area contributed by atoms with E-state index in [0.29, 0.717) is 19.1 Å². The molecule has 6 heteroatoms. The predicted octanol–water partition coefficient (Wildman–Crippen LogP) is 2.05. The Morgan fingerprint density at radius 3 is 2.64 bits per heavy atom. The van der Waals surface area contributed by atoms with Gasteiger partial charge < -0.3 is 15.2 Å². The Kier molecular flexibility index (Phi) is 7.25. The van der Waals surface area contributed by atoms with E-state index < -0.39 is 0 Å². The normalized spacial score (nSPS) is 17.6. The van der Waals surface area contributed by atoms with Gasteiger partial charge in [0.1, 0.15) is 0 Å². The molecule has 1 atom stereocenters. The smallest absolute Gasteiger partial charge is 0.250 e. The molecule has 150 valence electrons. The van der Waals surface area contributed by atoms with Crippen LogP contribution < -0.4 is 16.2 Å². The molecule has 1 fully saturated rings. The molecule has 6 nitrogen and oxygen atoms in total. The number of likely N-dealkylation sites (tertiary alicyclic amines) is 1. The maximum atomic E-state index is 11.8. The summed E-state index contributed by atoms with van der Waals surface area (Å²) >= 11 is 0. The van der Waals surface area contributed by atoms with Crippen molar-refractivity contribution in [3.8, 4) is 0 Å². The topological polar surface area (TPSA) is 61.7 Å². The maximum Gasteiger partial charge on any atom is 0.250 e. The van der Waals surface area contributed by atoms with E-state index in [1.54, 1.807) is 16.7 Å². The highest BCUT2D eigenvalue weighted by atomic mass is 16.1. The minimum atomic E-state index is 0.0204. The van der Waals surface area contributed by atoms with Gasteiger partial charge in [0.25, 0.3) is 5.56 Å². The van der Waals surface area contributed by atoms with Gasteiger partial charge in [0, 0.05) is 38.4 Å². The highest BCUT2D eigenvalue weighted by Crippen LogP contribution is 2.15. The summed E-state index contributed by atoms with van der Waals surface area (Å²) in [5.74, 6) is 0.836. The summed E-state index contributed by atoms with van der Waals surface area (Å²) in [5.41, 5.74) is 2.32. The van der Waals surface area contributed by atoms with Gasteiger partial charge in [-0.2, -0.15) is 0 Å². The number of pyridine rings is 1. The first-order valence-electron chi connectivity index (χ1n) is 10.1. The zero-order valence-electron chi connectivity index (χ0n) is 16.9. The lowest BCUT2D eigenvalue weighted by Crippen LogP contribution is -2.44. The molecule has 0 aliphatic carbocycles. The zero-order valence-corrected chi connectivity index (χ0v) is 16.9. The number of hydrogen-bond acceptors (Lipinski definition) is 3. The first kappa shape index (κ1) is 20.1. The van der Waals surface area contributed by atoms with Crippen LogP contribution in [0.3, 0.4) is 0 Å². The third-order valence-electron chi connectivity index (χ3n) is 5.37. The van der Waals surface area contributed by atoms with Crippen LogP contribution in [-0.2, 0) is 13.1 Å². The van der Waals surface area contributed by atoms with E-state index >= 15 is 0 Å². The van der Waals surface area contributed by atoms with Crippen molar-refractivity contribution in [2.75, 3.05) is 26.7 Å². The first-order valence-corrected chi connectivity index (χ1v) is 10.1. The van der Waals surface area contributed by atoms with Crippen LogP contribution in [0.25, 0.3) is 0 Å². The molecule has 0 amide bonds. The largest absolute Gasteiger partial charge is 0.355 e. The number of hydrogen-bond donors (Lipinski definition) is 2. The van der Waals surface area contributed by atoms with Crippen LogP contribution in [0.1, 0.15) is 30.9 Å². The van der Waals surface area contributed by atoms with Crippen LogP contribution in [-0.4, -0.2) is 48.2 Å². The zero-order chi connectivity index (χ0) is 19.8. The van der Waals surface area contributed by atoms with E-state index in [1.807, 2.05) is 19.3 Å². The molecule has 1 aromatic heterocycles. The third kappa shape index (κ3) is 5.45. The van der Waals surface area contributed by atoms with Crippen molar-refractivity contribution < 1.29 is 0 Å². The molecular formula is C22H31N5O. The Hall–Kier alpha value is -2.60. The Bertz CT molecular complexity index is 827. The average molecular weight is 382 g/mol. The molecule has 1 unspecified atom stereocenters. The number of aromatic nitrogens is 1. The minimum Gasteiger partial charge on any atom is -0.355 e. The lowest BCUT2D eigenvalue weighted by atomic mass is 10.1. The fraction of sp³-hybridized carbons (Fsp3) is 0.455. The standard InChI is InChI=1S/C22H31N5O/c1-3-26-14-6-7-20(26)16-25-22(23-2)24-15-18-9-11-19(12-10-18)17-27-13-5-4-8-21(27)28/h4-5,8-13,20H,3,6-7,14-17H2,1-2H3,(H2,23,24,25). The lowest BCUT2D eigenvalue weighted by molar-refractivity contribution is 0.267. The summed E-state index contributed by atoms with van der Waals surface area (Å²) < 4.78 is 1.71. The second-order valence-electron chi connectivity index (χ2n) is 7.21. The number of nitrogens with zero attached hydrogens (tertiary/aromatic N) is 3. The molecule has 2 aromatic rings. The van der Waals surface area contributed by atoms with Gasteiger partial charge in [-0.3, -0.25) is 14.7 Å². The highest BCUT2D eigenvalue weighted by Gasteiger charge is 2.22. The lowest BCUT2D eigenvalue weighted by Gasteiger charge is -2.24. The SMILES string of the molecule is CCN1CCCC1CNC(=NC)NCc1ccc(Cn2ccccc2=O)cc1. The quantitative estimate of drug-likeness (QED) is 0.569. The first-order chi connectivity index (χ1) is 13.7. The predicted molar refractivity (Wildman–Crippen MR) is 115 cm³/mol. The molecule has 28 heavy (non-hydrogen) atoms. The molecule has 0 spiro atoms. The van der Waals surface area contributed by atoms with E-state index in [9.17, 15) is 4.79 Å². The van der Waals surface area contributed by atoms with Crippen molar-refractivity contribution in [2.24, 2.45) is 4.99 Å². The van der Waals surface area contributed by atoms with Gasteiger partial charge in [-0.1, -0.05) is 37.3 Å². The number of likely N-dealkylation sites (N-methyl/N-ethyl adjacent to an activating group) is 1. The third-order valence-corrected chi connectivity index (χ3v) is 5.37. The molecule has 0 radical (unpaired) electrons.